The van der Waals surface area contributed by atoms with Gasteiger partial charge in [-0.3, -0.25) is 9.59 Å². The zero-order valence-corrected chi connectivity index (χ0v) is 12.1. The molecule has 3 heteroatoms. The van der Waals surface area contributed by atoms with Gasteiger partial charge >= 0.3 is 0 Å². The molecule has 0 aliphatic heterocycles. The van der Waals surface area contributed by atoms with Gasteiger partial charge in [-0.25, -0.2) is 0 Å². The quantitative estimate of drug-likeness (QED) is 0.804. The second kappa shape index (κ2) is 5.68. The third-order valence-corrected chi connectivity index (χ3v) is 4.18. The van der Waals surface area contributed by atoms with Gasteiger partial charge in [-0.2, -0.15) is 0 Å². The zero-order chi connectivity index (χ0) is 14.8. The van der Waals surface area contributed by atoms with Crippen molar-refractivity contribution in [3.05, 3.63) is 42.0 Å². The first-order valence-corrected chi connectivity index (χ1v) is 7.31. The molecule has 1 atom stereocenters. The second-order valence-electron chi connectivity index (χ2n) is 5.62. The lowest BCUT2D eigenvalue weighted by Crippen LogP contribution is -2.22. The van der Waals surface area contributed by atoms with Gasteiger partial charge < -0.3 is 4.74 Å². The fourth-order valence-corrected chi connectivity index (χ4v) is 2.99. The maximum atomic E-state index is 12.5. The third-order valence-electron chi connectivity index (χ3n) is 4.18. The van der Waals surface area contributed by atoms with Crippen LogP contribution in [0.1, 0.15) is 36.0 Å². The van der Waals surface area contributed by atoms with Crippen molar-refractivity contribution < 1.29 is 14.3 Å². The van der Waals surface area contributed by atoms with Crippen LogP contribution in [0.3, 0.4) is 0 Å². The highest BCUT2D eigenvalue weighted by Crippen LogP contribution is 2.27. The Kier molecular flexibility index (Phi) is 3.74. The van der Waals surface area contributed by atoms with Gasteiger partial charge in [0.2, 0.25) is 0 Å². The molecule has 108 valence electrons. The normalized spacial score (nSPS) is 18.7. The topological polar surface area (TPSA) is 43.4 Å². The summed E-state index contributed by atoms with van der Waals surface area (Å²) < 4.78 is 5.20. The Hall–Kier alpha value is -2.16. The van der Waals surface area contributed by atoms with Crippen molar-refractivity contribution in [1.29, 1.82) is 0 Å². The summed E-state index contributed by atoms with van der Waals surface area (Å²) in [6.07, 6.45) is 2.69. The van der Waals surface area contributed by atoms with Gasteiger partial charge in [-0.15, -0.1) is 0 Å². The second-order valence-corrected chi connectivity index (χ2v) is 5.62. The SMILES string of the molecule is COc1ccc2cc(C(=O)C3CCCC(=O)C3)ccc2c1. The van der Waals surface area contributed by atoms with E-state index in [-0.39, 0.29) is 17.5 Å². The molecular weight excluding hydrogens is 264 g/mol. The molecule has 1 aliphatic carbocycles. The van der Waals surface area contributed by atoms with E-state index >= 15 is 0 Å². The number of carbonyl (C=O) groups is 2. The average molecular weight is 282 g/mol. The smallest absolute Gasteiger partial charge is 0.166 e. The summed E-state index contributed by atoms with van der Waals surface area (Å²) in [5.74, 6) is 0.979. The number of hydrogen-bond acceptors (Lipinski definition) is 3. The first kappa shape index (κ1) is 13.8. The fraction of sp³-hybridized carbons (Fsp3) is 0.333. The van der Waals surface area contributed by atoms with E-state index < -0.39 is 0 Å². The van der Waals surface area contributed by atoms with Crippen LogP contribution in [0.25, 0.3) is 10.8 Å². The minimum absolute atomic E-state index is 0.0979. The molecular formula is C18H18O3. The van der Waals surface area contributed by atoms with Crippen molar-refractivity contribution in [3.8, 4) is 5.75 Å². The van der Waals surface area contributed by atoms with Crippen LogP contribution in [0.2, 0.25) is 0 Å². The molecule has 0 aromatic heterocycles. The van der Waals surface area contributed by atoms with Crippen LogP contribution in [-0.4, -0.2) is 18.7 Å². The highest BCUT2D eigenvalue weighted by atomic mass is 16.5. The van der Waals surface area contributed by atoms with Crippen molar-refractivity contribution in [2.75, 3.05) is 7.11 Å². The Morgan fingerprint density at radius 1 is 1.14 bits per heavy atom. The van der Waals surface area contributed by atoms with Crippen LogP contribution < -0.4 is 4.74 Å². The van der Waals surface area contributed by atoms with Crippen LogP contribution >= 0.6 is 0 Å². The molecule has 0 bridgehead atoms. The predicted octanol–water partition coefficient (Wildman–Crippen LogP) is 3.79. The van der Waals surface area contributed by atoms with Crippen LogP contribution in [0.5, 0.6) is 5.75 Å². The molecule has 21 heavy (non-hydrogen) atoms. The van der Waals surface area contributed by atoms with Crippen molar-refractivity contribution in [1.82, 2.24) is 0 Å². The van der Waals surface area contributed by atoms with E-state index in [4.69, 9.17) is 4.74 Å². The molecule has 3 rings (SSSR count). The molecule has 2 aromatic carbocycles. The Morgan fingerprint density at radius 3 is 2.67 bits per heavy atom. The minimum atomic E-state index is -0.137. The summed E-state index contributed by atoms with van der Waals surface area (Å²) in [6.45, 7) is 0. The van der Waals surface area contributed by atoms with Crippen molar-refractivity contribution in [3.63, 3.8) is 0 Å². The number of Topliss-reactive ketones (excluding diaryl/α,β-unsaturated/α-hetero) is 2. The van der Waals surface area contributed by atoms with E-state index in [0.717, 1.165) is 29.4 Å². The van der Waals surface area contributed by atoms with E-state index in [1.54, 1.807) is 7.11 Å². The number of ether oxygens (including phenoxy) is 1. The van der Waals surface area contributed by atoms with E-state index in [1.165, 1.54) is 0 Å². The number of methoxy groups -OCH3 is 1. The number of carbonyl (C=O) groups excluding carboxylic acids is 2. The van der Waals surface area contributed by atoms with Gasteiger partial charge in [-0.05, 0) is 41.8 Å². The molecule has 1 saturated carbocycles. The minimum Gasteiger partial charge on any atom is -0.497 e. The summed E-state index contributed by atoms with van der Waals surface area (Å²) >= 11 is 0. The molecule has 0 saturated heterocycles. The summed E-state index contributed by atoms with van der Waals surface area (Å²) in [6, 6.07) is 11.5. The summed E-state index contributed by atoms with van der Waals surface area (Å²) in [5.41, 5.74) is 0.701. The molecule has 1 aliphatic rings. The van der Waals surface area contributed by atoms with Gasteiger partial charge in [0.25, 0.3) is 0 Å². The third kappa shape index (κ3) is 2.82. The zero-order valence-electron chi connectivity index (χ0n) is 12.1. The van der Waals surface area contributed by atoms with Crippen LogP contribution in [-0.2, 0) is 4.79 Å². The van der Waals surface area contributed by atoms with Gasteiger partial charge in [-0.1, -0.05) is 18.2 Å². The fourth-order valence-electron chi connectivity index (χ4n) is 2.99. The molecule has 0 heterocycles. The lowest BCUT2D eigenvalue weighted by molar-refractivity contribution is -0.121. The molecule has 0 spiro atoms. The maximum Gasteiger partial charge on any atom is 0.166 e. The number of benzene rings is 2. The van der Waals surface area contributed by atoms with Gasteiger partial charge in [0.1, 0.15) is 11.5 Å². The van der Waals surface area contributed by atoms with Gasteiger partial charge in [0.15, 0.2) is 5.78 Å². The first-order chi connectivity index (χ1) is 10.2. The molecule has 0 N–H and O–H groups in total. The molecule has 0 amide bonds. The lowest BCUT2D eigenvalue weighted by Gasteiger charge is -2.19. The lowest BCUT2D eigenvalue weighted by atomic mass is 9.83. The Labute approximate surface area is 123 Å². The maximum absolute atomic E-state index is 12.5. The van der Waals surface area contributed by atoms with Crippen LogP contribution in [0.4, 0.5) is 0 Å². The monoisotopic (exact) mass is 282 g/mol. The molecule has 2 aromatic rings. The Balaban J connectivity index is 1.89. The first-order valence-electron chi connectivity index (χ1n) is 7.31. The largest absolute Gasteiger partial charge is 0.497 e. The average Bonchev–Trinajstić information content (AvgIpc) is 2.53. The molecule has 3 nitrogen and oxygen atoms in total. The highest BCUT2D eigenvalue weighted by Gasteiger charge is 2.26. The van der Waals surface area contributed by atoms with E-state index in [0.29, 0.717) is 18.4 Å². The van der Waals surface area contributed by atoms with Gasteiger partial charge in [0.05, 0.1) is 7.11 Å². The van der Waals surface area contributed by atoms with E-state index in [1.807, 2.05) is 36.4 Å². The molecule has 1 fully saturated rings. The van der Waals surface area contributed by atoms with E-state index in [2.05, 4.69) is 0 Å². The number of rotatable bonds is 3. The van der Waals surface area contributed by atoms with Crippen molar-refractivity contribution >= 4 is 22.3 Å². The summed E-state index contributed by atoms with van der Waals surface area (Å²) in [4.78, 5) is 24.1. The van der Waals surface area contributed by atoms with Crippen LogP contribution in [0.15, 0.2) is 36.4 Å². The molecule has 0 radical (unpaired) electrons. The van der Waals surface area contributed by atoms with Crippen molar-refractivity contribution in [2.45, 2.75) is 25.7 Å². The Bertz CT molecular complexity index is 703. The van der Waals surface area contributed by atoms with Crippen molar-refractivity contribution in [2.24, 2.45) is 5.92 Å². The van der Waals surface area contributed by atoms with E-state index in [9.17, 15) is 9.59 Å². The summed E-state index contributed by atoms with van der Waals surface area (Å²) in [7, 11) is 1.64. The van der Waals surface area contributed by atoms with Gasteiger partial charge in [0, 0.05) is 24.3 Å². The van der Waals surface area contributed by atoms with Crippen LogP contribution in [0, 0.1) is 5.92 Å². The Morgan fingerprint density at radius 2 is 1.90 bits per heavy atom. The predicted molar refractivity (Wildman–Crippen MR) is 81.8 cm³/mol. The number of ketones is 2. The standard InChI is InChI=1S/C18H18O3/c1-21-17-8-7-12-9-15(6-5-13(12)11-17)18(20)14-3-2-4-16(19)10-14/h5-9,11,14H,2-4,10H2,1H3. The molecule has 1 unspecified atom stereocenters. The number of fused-ring (bicyclic) bond motifs is 1. The highest BCUT2D eigenvalue weighted by molar-refractivity contribution is 6.03. The number of hydrogen-bond donors (Lipinski definition) is 0. The summed E-state index contributed by atoms with van der Waals surface area (Å²) in [5, 5.41) is 2.06.